The molecular formula is C40H69O10P. The molecule has 0 spiro atoms. The zero-order chi connectivity index (χ0) is 37.7. The average Bonchev–Trinajstić information content (AvgIpc) is 3.12. The number of allylic oxidation sites excluding steroid dienone is 10. The van der Waals surface area contributed by atoms with Crippen LogP contribution in [0.3, 0.4) is 0 Å². The van der Waals surface area contributed by atoms with Crippen molar-refractivity contribution in [3.05, 3.63) is 60.8 Å². The van der Waals surface area contributed by atoms with E-state index >= 15 is 0 Å². The predicted molar refractivity (Wildman–Crippen MR) is 205 cm³/mol. The van der Waals surface area contributed by atoms with Crippen molar-refractivity contribution in [1.82, 2.24) is 0 Å². The van der Waals surface area contributed by atoms with Crippen LogP contribution in [0.5, 0.6) is 0 Å². The molecule has 10 nitrogen and oxygen atoms in total. The number of aliphatic hydroxyl groups excluding tert-OH is 2. The number of unbranched alkanes of at least 4 members (excludes halogenated alkanes) is 15. The molecule has 0 aliphatic rings. The van der Waals surface area contributed by atoms with E-state index in [1.54, 1.807) is 0 Å². The van der Waals surface area contributed by atoms with Gasteiger partial charge in [-0.3, -0.25) is 18.6 Å². The highest BCUT2D eigenvalue weighted by Gasteiger charge is 2.27. The van der Waals surface area contributed by atoms with Gasteiger partial charge in [0, 0.05) is 12.8 Å². The summed E-state index contributed by atoms with van der Waals surface area (Å²) in [7, 11) is -4.63. The number of phosphoric acid groups is 1. The maximum absolute atomic E-state index is 12.5. The minimum absolute atomic E-state index is 0.0869. The number of rotatable bonds is 35. The Bertz CT molecular complexity index is 1040. The Morgan fingerprint density at radius 3 is 1.61 bits per heavy atom. The standard InChI is InChI=1S/C40H69O10P/c1-3-5-7-9-11-13-15-17-18-20-21-23-25-27-29-31-39(43)47-35-38(36-49-51(45,46)48-34-37(42)33-41)50-40(44)32-30-28-26-24-22-19-16-14-12-10-8-6-4-2/h6,8,10,12,14,16,19,22,24,26,37-38,41-42H,3-5,7,9,11,13,15,17-18,20-21,23,25,27-36H2,1-2H3,(H,45,46)/b8-6+,12-10+,16-14+,22-19+,26-24+/t37-,38?/m0/s1. The van der Waals surface area contributed by atoms with Crippen LogP contribution in [0.2, 0.25) is 0 Å². The van der Waals surface area contributed by atoms with E-state index in [9.17, 15) is 24.2 Å². The predicted octanol–water partition coefficient (Wildman–Crippen LogP) is 9.55. The molecule has 294 valence electrons. The third-order valence-corrected chi connectivity index (χ3v) is 8.77. The second-order valence-corrected chi connectivity index (χ2v) is 14.2. The second kappa shape index (κ2) is 36.0. The van der Waals surface area contributed by atoms with Crippen molar-refractivity contribution in [2.45, 2.75) is 154 Å². The summed E-state index contributed by atoms with van der Waals surface area (Å²) in [6.45, 7) is 2.13. The van der Waals surface area contributed by atoms with Crippen molar-refractivity contribution in [1.29, 1.82) is 0 Å². The lowest BCUT2D eigenvalue weighted by atomic mass is 10.0. The van der Waals surface area contributed by atoms with Crippen LogP contribution >= 0.6 is 7.82 Å². The van der Waals surface area contributed by atoms with Crippen LogP contribution in [0.4, 0.5) is 0 Å². The molecule has 3 N–H and O–H groups in total. The molecule has 0 aromatic rings. The highest BCUT2D eigenvalue weighted by molar-refractivity contribution is 7.47. The maximum Gasteiger partial charge on any atom is 0.472 e. The van der Waals surface area contributed by atoms with Crippen LogP contribution in [0.1, 0.15) is 142 Å². The van der Waals surface area contributed by atoms with Gasteiger partial charge in [-0.25, -0.2) is 4.57 Å². The summed E-state index contributed by atoms with van der Waals surface area (Å²) in [5, 5.41) is 18.3. The van der Waals surface area contributed by atoms with Gasteiger partial charge in [-0.2, -0.15) is 0 Å². The molecule has 0 saturated carbocycles. The Kier molecular flexibility index (Phi) is 34.4. The third-order valence-electron chi connectivity index (χ3n) is 7.81. The number of phosphoric ester groups is 1. The fourth-order valence-corrected chi connectivity index (χ4v) is 5.64. The highest BCUT2D eigenvalue weighted by atomic mass is 31.2. The van der Waals surface area contributed by atoms with Crippen molar-refractivity contribution in [3.8, 4) is 0 Å². The van der Waals surface area contributed by atoms with Crippen LogP contribution in [-0.2, 0) is 32.7 Å². The summed E-state index contributed by atoms with van der Waals surface area (Å²) >= 11 is 0. The van der Waals surface area contributed by atoms with E-state index in [0.29, 0.717) is 19.3 Å². The van der Waals surface area contributed by atoms with Gasteiger partial charge in [-0.1, -0.05) is 164 Å². The van der Waals surface area contributed by atoms with Gasteiger partial charge in [-0.15, -0.1) is 0 Å². The Morgan fingerprint density at radius 2 is 1.08 bits per heavy atom. The first-order valence-electron chi connectivity index (χ1n) is 19.3. The van der Waals surface area contributed by atoms with Gasteiger partial charge >= 0.3 is 19.8 Å². The zero-order valence-electron chi connectivity index (χ0n) is 31.5. The topological polar surface area (TPSA) is 149 Å². The number of hydrogen-bond donors (Lipinski definition) is 3. The van der Waals surface area contributed by atoms with Crippen LogP contribution in [-0.4, -0.2) is 65.7 Å². The van der Waals surface area contributed by atoms with E-state index < -0.39 is 51.8 Å². The third kappa shape index (κ3) is 35.8. The van der Waals surface area contributed by atoms with Gasteiger partial charge in [0.05, 0.1) is 19.8 Å². The highest BCUT2D eigenvalue weighted by Crippen LogP contribution is 2.43. The Balaban J connectivity index is 4.46. The maximum atomic E-state index is 12.5. The lowest BCUT2D eigenvalue weighted by Crippen LogP contribution is -2.29. The minimum Gasteiger partial charge on any atom is -0.462 e. The smallest absolute Gasteiger partial charge is 0.462 e. The quantitative estimate of drug-likeness (QED) is 0.0248. The van der Waals surface area contributed by atoms with Gasteiger partial charge in [0.2, 0.25) is 0 Å². The van der Waals surface area contributed by atoms with Crippen molar-refractivity contribution < 1.29 is 47.8 Å². The zero-order valence-corrected chi connectivity index (χ0v) is 32.4. The molecule has 0 bridgehead atoms. The van der Waals surface area contributed by atoms with Gasteiger partial charge in [0.25, 0.3) is 0 Å². The van der Waals surface area contributed by atoms with Gasteiger partial charge in [0.1, 0.15) is 12.7 Å². The van der Waals surface area contributed by atoms with Crippen molar-refractivity contribution in [2.75, 3.05) is 26.4 Å². The summed E-state index contributed by atoms with van der Waals surface area (Å²) in [5.74, 6) is -1.01. The molecular weight excluding hydrogens is 671 g/mol. The molecule has 3 atom stereocenters. The summed E-state index contributed by atoms with van der Waals surface area (Å²) in [4.78, 5) is 34.8. The van der Waals surface area contributed by atoms with Crippen LogP contribution in [0, 0.1) is 0 Å². The van der Waals surface area contributed by atoms with E-state index in [4.69, 9.17) is 19.1 Å². The fourth-order valence-electron chi connectivity index (χ4n) is 4.85. The minimum atomic E-state index is -4.63. The van der Waals surface area contributed by atoms with E-state index in [1.807, 2.05) is 54.7 Å². The molecule has 0 amide bonds. The first-order valence-corrected chi connectivity index (χ1v) is 20.8. The summed E-state index contributed by atoms with van der Waals surface area (Å²) in [6, 6.07) is 0. The number of ether oxygens (including phenoxy) is 2. The number of aliphatic hydroxyl groups is 2. The first kappa shape index (κ1) is 48.7. The molecule has 51 heavy (non-hydrogen) atoms. The molecule has 0 rings (SSSR count). The summed E-state index contributed by atoms with van der Waals surface area (Å²) in [5.41, 5.74) is 0. The molecule has 0 aliphatic carbocycles. The van der Waals surface area contributed by atoms with Gasteiger partial charge in [-0.05, 0) is 25.7 Å². The lowest BCUT2D eigenvalue weighted by Gasteiger charge is -2.20. The molecule has 0 aliphatic heterocycles. The van der Waals surface area contributed by atoms with Crippen LogP contribution in [0.15, 0.2) is 60.8 Å². The molecule has 0 heterocycles. The molecule has 0 aromatic heterocycles. The normalized spacial score (nSPS) is 14.7. The average molecular weight is 741 g/mol. The second-order valence-electron chi connectivity index (χ2n) is 12.7. The van der Waals surface area contributed by atoms with E-state index in [2.05, 4.69) is 24.4 Å². The molecule has 0 aromatic carbocycles. The lowest BCUT2D eigenvalue weighted by molar-refractivity contribution is -0.161. The van der Waals surface area contributed by atoms with Gasteiger partial charge in [0.15, 0.2) is 6.10 Å². The van der Waals surface area contributed by atoms with E-state index in [-0.39, 0.29) is 19.4 Å². The van der Waals surface area contributed by atoms with Crippen LogP contribution < -0.4 is 0 Å². The summed E-state index contributed by atoms with van der Waals surface area (Å²) < 4.78 is 32.5. The molecule has 0 fully saturated rings. The largest absolute Gasteiger partial charge is 0.472 e. The molecule has 0 radical (unpaired) electrons. The number of carbonyl (C=O) groups is 2. The number of carbonyl (C=O) groups excluding carboxylic acids is 2. The molecule has 2 unspecified atom stereocenters. The van der Waals surface area contributed by atoms with Crippen molar-refractivity contribution in [3.63, 3.8) is 0 Å². The van der Waals surface area contributed by atoms with Crippen molar-refractivity contribution in [2.24, 2.45) is 0 Å². The van der Waals surface area contributed by atoms with Crippen molar-refractivity contribution >= 4 is 19.8 Å². The van der Waals surface area contributed by atoms with Crippen LogP contribution in [0.25, 0.3) is 0 Å². The Labute approximate surface area is 308 Å². The molecule has 0 saturated heterocycles. The SMILES string of the molecule is CC/C=C/C=C/C=C/C=C/C=C/CCCC(=O)OC(COC(=O)CCCCCCCCCCCCCCCCC)COP(=O)(O)OC[C@@H](O)CO. The summed E-state index contributed by atoms with van der Waals surface area (Å²) in [6.07, 6.45) is 37.8. The monoisotopic (exact) mass is 740 g/mol. The first-order chi connectivity index (χ1) is 24.7. The van der Waals surface area contributed by atoms with E-state index in [0.717, 1.165) is 25.7 Å². The number of hydrogen-bond acceptors (Lipinski definition) is 9. The Hall–Kier alpha value is -2.33. The number of esters is 2. The Morgan fingerprint density at radius 1 is 0.608 bits per heavy atom. The van der Waals surface area contributed by atoms with Gasteiger partial charge < -0.3 is 24.6 Å². The molecule has 11 heteroatoms. The van der Waals surface area contributed by atoms with E-state index in [1.165, 1.54) is 70.6 Å². The fraction of sp³-hybridized carbons (Fsp3) is 0.700.